The molecule has 0 fully saturated rings. The fraction of sp³-hybridized carbons (Fsp3) is 0.222. The van der Waals surface area contributed by atoms with Gasteiger partial charge in [0.15, 0.2) is 6.04 Å². The van der Waals surface area contributed by atoms with E-state index in [1.54, 1.807) is 43.5 Å². The van der Waals surface area contributed by atoms with Crippen molar-refractivity contribution in [1.29, 1.82) is 0 Å². The van der Waals surface area contributed by atoms with Gasteiger partial charge in [0.1, 0.15) is 5.75 Å². The molecule has 0 aliphatic heterocycles. The van der Waals surface area contributed by atoms with Gasteiger partial charge in [-0.1, -0.05) is 29.8 Å². The van der Waals surface area contributed by atoms with Gasteiger partial charge in [0.25, 0.3) is 5.91 Å². The first kappa shape index (κ1) is 16.5. The first-order valence-corrected chi connectivity index (χ1v) is 7.14. The molecule has 5 nitrogen and oxygen atoms in total. The van der Waals surface area contributed by atoms with E-state index in [1.807, 2.05) is 19.1 Å². The molecule has 1 N–H and O–H groups in total. The zero-order valence-electron chi connectivity index (χ0n) is 13.3. The van der Waals surface area contributed by atoms with Crippen molar-refractivity contribution in [2.24, 2.45) is 0 Å². The zero-order valence-corrected chi connectivity index (χ0v) is 13.3. The normalized spacial score (nSPS) is 11.4. The van der Waals surface area contributed by atoms with E-state index in [2.05, 4.69) is 5.32 Å². The van der Waals surface area contributed by atoms with E-state index in [1.165, 1.54) is 7.11 Å². The monoisotopic (exact) mass is 313 g/mol. The van der Waals surface area contributed by atoms with Gasteiger partial charge in [-0.2, -0.15) is 0 Å². The van der Waals surface area contributed by atoms with Gasteiger partial charge < -0.3 is 14.8 Å². The number of rotatable bonds is 5. The summed E-state index contributed by atoms with van der Waals surface area (Å²) in [5.74, 6) is -0.219. The zero-order chi connectivity index (χ0) is 16.8. The number of hydrogen-bond acceptors (Lipinski definition) is 4. The molecular formula is C18H19NO4. The Kier molecular flexibility index (Phi) is 5.36. The Bertz CT molecular complexity index is 677. The predicted molar refractivity (Wildman–Crippen MR) is 86.4 cm³/mol. The van der Waals surface area contributed by atoms with Crippen molar-refractivity contribution in [3.8, 4) is 5.75 Å². The van der Waals surface area contributed by atoms with Gasteiger partial charge in [-0.05, 0) is 36.8 Å². The number of aryl methyl sites for hydroxylation is 1. The number of methoxy groups -OCH3 is 2. The topological polar surface area (TPSA) is 64.6 Å². The van der Waals surface area contributed by atoms with E-state index in [0.717, 1.165) is 5.56 Å². The highest BCUT2D eigenvalue weighted by Crippen LogP contribution is 2.17. The molecule has 2 aromatic carbocycles. The molecule has 2 rings (SSSR count). The number of amides is 1. The fourth-order valence-corrected chi connectivity index (χ4v) is 2.11. The van der Waals surface area contributed by atoms with Gasteiger partial charge in [-0.25, -0.2) is 4.79 Å². The lowest BCUT2D eigenvalue weighted by Crippen LogP contribution is -2.34. The maximum atomic E-state index is 12.4. The average molecular weight is 313 g/mol. The number of esters is 1. The Morgan fingerprint density at radius 3 is 2.09 bits per heavy atom. The summed E-state index contributed by atoms with van der Waals surface area (Å²) in [6.45, 7) is 1.95. The maximum absolute atomic E-state index is 12.4. The molecule has 0 saturated carbocycles. The van der Waals surface area contributed by atoms with Crippen LogP contribution in [-0.4, -0.2) is 26.1 Å². The molecule has 0 aliphatic carbocycles. The quantitative estimate of drug-likeness (QED) is 0.862. The first-order valence-electron chi connectivity index (χ1n) is 7.14. The van der Waals surface area contributed by atoms with Crippen LogP contribution >= 0.6 is 0 Å². The number of carbonyl (C=O) groups excluding carboxylic acids is 2. The van der Waals surface area contributed by atoms with E-state index in [0.29, 0.717) is 16.9 Å². The molecule has 0 unspecified atom stereocenters. The van der Waals surface area contributed by atoms with Crippen LogP contribution in [0.1, 0.15) is 27.5 Å². The number of hydrogen-bond donors (Lipinski definition) is 1. The first-order chi connectivity index (χ1) is 11.0. The lowest BCUT2D eigenvalue weighted by molar-refractivity contribution is -0.143. The molecule has 0 heterocycles. The van der Waals surface area contributed by atoms with Crippen molar-refractivity contribution in [2.75, 3.05) is 14.2 Å². The molecule has 0 saturated heterocycles. The van der Waals surface area contributed by atoms with E-state index < -0.39 is 12.0 Å². The van der Waals surface area contributed by atoms with Crippen molar-refractivity contribution < 1.29 is 19.1 Å². The molecule has 0 spiro atoms. The number of nitrogens with one attached hydrogen (secondary N) is 1. The molecular weight excluding hydrogens is 294 g/mol. The predicted octanol–water partition coefficient (Wildman–Crippen LogP) is 2.65. The van der Waals surface area contributed by atoms with Crippen molar-refractivity contribution in [2.45, 2.75) is 13.0 Å². The summed E-state index contributed by atoms with van der Waals surface area (Å²) in [6.07, 6.45) is 0. The summed E-state index contributed by atoms with van der Waals surface area (Å²) in [5.41, 5.74) is 2.18. The summed E-state index contributed by atoms with van der Waals surface area (Å²) >= 11 is 0. The third kappa shape index (κ3) is 4.10. The molecule has 120 valence electrons. The van der Waals surface area contributed by atoms with Crippen LogP contribution < -0.4 is 10.1 Å². The van der Waals surface area contributed by atoms with Gasteiger partial charge >= 0.3 is 5.97 Å². The Balaban J connectivity index is 2.21. The van der Waals surface area contributed by atoms with E-state index in [4.69, 9.17) is 9.47 Å². The van der Waals surface area contributed by atoms with Crippen LogP contribution in [0.15, 0.2) is 48.5 Å². The van der Waals surface area contributed by atoms with Crippen LogP contribution in [0, 0.1) is 6.92 Å². The molecule has 0 aromatic heterocycles. The van der Waals surface area contributed by atoms with Crippen molar-refractivity contribution in [3.05, 3.63) is 65.2 Å². The van der Waals surface area contributed by atoms with E-state index >= 15 is 0 Å². The lowest BCUT2D eigenvalue weighted by atomic mass is 10.0. The molecule has 23 heavy (non-hydrogen) atoms. The Morgan fingerprint density at radius 1 is 0.957 bits per heavy atom. The number of ether oxygens (including phenoxy) is 2. The van der Waals surface area contributed by atoms with Gasteiger partial charge in [-0.15, -0.1) is 0 Å². The minimum atomic E-state index is -0.852. The summed E-state index contributed by atoms with van der Waals surface area (Å²) in [7, 11) is 2.85. The second kappa shape index (κ2) is 7.45. The Morgan fingerprint density at radius 2 is 1.57 bits per heavy atom. The van der Waals surface area contributed by atoms with Crippen LogP contribution in [0.25, 0.3) is 0 Å². The van der Waals surface area contributed by atoms with Crippen LogP contribution in [0.5, 0.6) is 5.75 Å². The summed E-state index contributed by atoms with van der Waals surface area (Å²) in [4.78, 5) is 24.4. The second-order valence-corrected chi connectivity index (χ2v) is 5.07. The van der Waals surface area contributed by atoms with Crippen molar-refractivity contribution >= 4 is 11.9 Å². The third-order valence-electron chi connectivity index (χ3n) is 3.48. The van der Waals surface area contributed by atoms with Crippen molar-refractivity contribution in [3.63, 3.8) is 0 Å². The van der Waals surface area contributed by atoms with Crippen LogP contribution in [0.4, 0.5) is 0 Å². The Hall–Kier alpha value is -2.82. The third-order valence-corrected chi connectivity index (χ3v) is 3.48. The molecule has 1 amide bonds. The van der Waals surface area contributed by atoms with E-state index in [-0.39, 0.29) is 5.91 Å². The number of benzene rings is 2. The largest absolute Gasteiger partial charge is 0.497 e. The molecule has 0 aliphatic rings. The molecule has 5 heteroatoms. The van der Waals surface area contributed by atoms with Crippen LogP contribution in [-0.2, 0) is 9.53 Å². The van der Waals surface area contributed by atoms with Crippen molar-refractivity contribution in [1.82, 2.24) is 5.32 Å². The second-order valence-electron chi connectivity index (χ2n) is 5.07. The Labute approximate surface area is 135 Å². The molecule has 1 atom stereocenters. The number of carbonyl (C=O) groups is 2. The van der Waals surface area contributed by atoms with Gasteiger partial charge in [0, 0.05) is 5.56 Å². The highest BCUT2D eigenvalue weighted by atomic mass is 16.5. The SMILES string of the molecule is COC(=O)[C@@H](NC(=O)c1ccc(OC)cc1)c1ccc(C)cc1. The van der Waals surface area contributed by atoms with Crippen LogP contribution in [0.2, 0.25) is 0 Å². The molecule has 0 bridgehead atoms. The minimum absolute atomic E-state index is 0.358. The lowest BCUT2D eigenvalue weighted by Gasteiger charge is -2.17. The summed E-state index contributed by atoms with van der Waals surface area (Å²) < 4.78 is 9.86. The van der Waals surface area contributed by atoms with Gasteiger partial charge in [0.2, 0.25) is 0 Å². The highest BCUT2D eigenvalue weighted by molar-refractivity contribution is 5.97. The summed E-state index contributed by atoms with van der Waals surface area (Å²) in [5, 5.41) is 2.70. The van der Waals surface area contributed by atoms with Crippen LogP contribution in [0.3, 0.4) is 0 Å². The van der Waals surface area contributed by atoms with Gasteiger partial charge in [0.05, 0.1) is 14.2 Å². The minimum Gasteiger partial charge on any atom is -0.497 e. The molecule has 0 radical (unpaired) electrons. The fourth-order valence-electron chi connectivity index (χ4n) is 2.11. The smallest absolute Gasteiger partial charge is 0.333 e. The molecule has 2 aromatic rings. The average Bonchev–Trinajstić information content (AvgIpc) is 2.59. The standard InChI is InChI=1S/C18H19NO4/c1-12-4-6-13(7-5-12)16(18(21)23-3)19-17(20)14-8-10-15(22-2)11-9-14/h4-11,16H,1-3H3,(H,19,20)/t16-/m0/s1. The summed E-state index contributed by atoms with van der Waals surface area (Å²) in [6, 6.07) is 13.2. The van der Waals surface area contributed by atoms with Gasteiger partial charge in [-0.3, -0.25) is 4.79 Å². The maximum Gasteiger partial charge on any atom is 0.333 e. The van der Waals surface area contributed by atoms with E-state index in [9.17, 15) is 9.59 Å². The highest BCUT2D eigenvalue weighted by Gasteiger charge is 2.24.